The zero-order valence-electron chi connectivity index (χ0n) is 14.9. The first-order valence-electron chi connectivity index (χ1n) is 8.39. The smallest absolute Gasteiger partial charge is 0.146 e. The molecule has 2 atom stereocenters. The number of hydrogen-bond donors (Lipinski definition) is 1. The molecule has 1 aromatic heterocycles. The van der Waals surface area contributed by atoms with Gasteiger partial charge in [0.2, 0.25) is 0 Å². The van der Waals surface area contributed by atoms with Gasteiger partial charge in [-0.2, -0.15) is 0 Å². The van der Waals surface area contributed by atoms with Crippen molar-refractivity contribution in [3.8, 4) is 5.75 Å². The van der Waals surface area contributed by atoms with Gasteiger partial charge >= 0.3 is 0 Å². The fourth-order valence-corrected chi connectivity index (χ4v) is 3.54. The zero-order valence-corrected chi connectivity index (χ0v) is 14.9. The lowest BCUT2D eigenvalue weighted by Gasteiger charge is -2.36. The van der Waals surface area contributed by atoms with Gasteiger partial charge in [-0.3, -0.25) is 4.90 Å². The van der Waals surface area contributed by atoms with Gasteiger partial charge < -0.3 is 14.4 Å². The molecule has 1 aliphatic heterocycles. The molecule has 1 saturated heterocycles. The molecule has 0 unspecified atom stereocenters. The second-order valence-electron chi connectivity index (χ2n) is 6.73. The van der Waals surface area contributed by atoms with E-state index in [-0.39, 0.29) is 6.04 Å². The third-order valence-corrected chi connectivity index (χ3v) is 5.21. The summed E-state index contributed by atoms with van der Waals surface area (Å²) in [7, 11) is 3.63. The third-order valence-electron chi connectivity index (χ3n) is 5.21. The molecule has 1 N–H and O–H groups in total. The van der Waals surface area contributed by atoms with Crippen LogP contribution in [0.3, 0.4) is 0 Å². The Morgan fingerprint density at radius 1 is 1.29 bits per heavy atom. The van der Waals surface area contributed by atoms with Crippen molar-refractivity contribution in [2.24, 2.45) is 7.05 Å². The van der Waals surface area contributed by atoms with Gasteiger partial charge in [-0.25, -0.2) is 0 Å². The predicted molar refractivity (Wildman–Crippen MR) is 91.7 cm³/mol. The van der Waals surface area contributed by atoms with Crippen molar-refractivity contribution in [2.45, 2.75) is 44.9 Å². The van der Waals surface area contributed by atoms with Crippen molar-refractivity contribution < 1.29 is 9.84 Å². The molecular weight excluding hydrogens is 304 g/mol. The van der Waals surface area contributed by atoms with Gasteiger partial charge in [-0.15, -0.1) is 10.2 Å². The Hall–Kier alpha value is -1.92. The molecule has 1 fully saturated rings. The van der Waals surface area contributed by atoms with Crippen molar-refractivity contribution in [1.82, 2.24) is 19.7 Å². The summed E-state index contributed by atoms with van der Waals surface area (Å²) in [4.78, 5) is 2.31. The van der Waals surface area contributed by atoms with Gasteiger partial charge in [0.05, 0.1) is 13.7 Å². The first-order valence-corrected chi connectivity index (χ1v) is 8.39. The van der Waals surface area contributed by atoms with Crippen LogP contribution in [0.4, 0.5) is 0 Å². The molecule has 1 aromatic carbocycles. The van der Waals surface area contributed by atoms with Crippen molar-refractivity contribution in [1.29, 1.82) is 0 Å². The van der Waals surface area contributed by atoms with E-state index in [9.17, 15) is 5.11 Å². The molecule has 2 heterocycles. The first kappa shape index (κ1) is 16.9. The topological polar surface area (TPSA) is 63.4 Å². The lowest BCUT2D eigenvalue weighted by molar-refractivity contribution is -0.0263. The minimum atomic E-state index is -0.920. The average Bonchev–Trinajstić information content (AvgIpc) is 3.17. The van der Waals surface area contributed by atoms with Crippen LogP contribution in [0.25, 0.3) is 0 Å². The van der Waals surface area contributed by atoms with Crippen molar-refractivity contribution in [2.75, 3.05) is 13.7 Å². The number of rotatable bonds is 5. The molecule has 0 amide bonds. The number of ether oxygens (including phenoxy) is 1. The molecule has 0 spiro atoms. The Balaban J connectivity index is 1.81. The van der Waals surface area contributed by atoms with Gasteiger partial charge in [-0.1, -0.05) is 12.1 Å². The maximum Gasteiger partial charge on any atom is 0.146 e. The summed E-state index contributed by atoms with van der Waals surface area (Å²) in [6.07, 6.45) is 2.05. The summed E-state index contributed by atoms with van der Waals surface area (Å²) < 4.78 is 7.22. The van der Waals surface area contributed by atoms with Crippen molar-refractivity contribution in [3.05, 3.63) is 41.5 Å². The number of hydrogen-bond acceptors (Lipinski definition) is 5. The van der Waals surface area contributed by atoms with Crippen LogP contribution in [0.1, 0.15) is 37.0 Å². The second-order valence-corrected chi connectivity index (χ2v) is 6.73. The summed E-state index contributed by atoms with van der Waals surface area (Å²) in [5.74, 6) is 2.64. The van der Waals surface area contributed by atoms with Crippen LogP contribution in [-0.4, -0.2) is 44.5 Å². The molecule has 130 valence electrons. The quantitative estimate of drug-likeness (QED) is 0.908. The molecule has 1 aliphatic rings. The Kier molecular flexibility index (Phi) is 4.60. The highest BCUT2D eigenvalue weighted by Gasteiger charge is 2.40. The fraction of sp³-hybridized carbons (Fsp3) is 0.556. The van der Waals surface area contributed by atoms with Gasteiger partial charge in [-0.05, 0) is 50.9 Å². The summed E-state index contributed by atoms with van der Waals surface area (Å²) in [5.41, 5.74) is -0.00880. The number of nitrogens with zero attached hydrogens (tertiary/aromatic N) is 4. The number of aliphatic hydroxyl groups is 1. The SMILES string of the molecule is COc1ccc([C@@](C)(O)[C@H]2CCCN2Cc2nnc(C)n2C)cc1. The highest BCUT2D eigenvalue weighted by molar-refractivity contribution is 5.31. The molecule has 3 rings (SSSR count). The standard InChI is InChI=1S/C18H26N4O2/c1-13-19-20-17(21(13)3)12-22-11-5-6-16(22)18(2,23)14-7-9-15(24-4)10-8-14/h7-10,16,23H,5-6,11-12H2,1-4H3/t16-,18-/m1/s1. The molecule has 2 aromatic rings. The van der Waals surface area contributed by atoms with E-state index < -0.39 is 5.60 Å². The van der Waals surface area contributed by atoms with Crippen LogP contribution in [0, 0.1) is 6.92 Å². The lowest BCUT2D eigenvalue weighted by atomic mass is 9.86. The molecular formula is C18H26N4O2. The number of aryl methyl sites for hydroxylation is 1. The lowest BCUT2D eigenvalue weighted by Crippen LogP contribution is -2.45. The molecule has 24 heavy (non-hydrogen) atoms. The van der Waals surface area contributed by atoms with Crippen LogP contribution in [-0.2, 0) is 19.2 Å². The first-order chi connectivity index (χ1) is 11.4. The predicted octanol–water partition coefficient (Wildman–Crippen LogP) is 2.00. The van der Waals surface area contributed by atoms with E-state index in [0.29, 0.717) is 6.54 Å². The Morgan fingerprint density at radius 2 is 2.00 bits per heavy atom. The van der Waals surface area contributed by atoms with E-state index >= 15 is 0 Å². The van der Waals surface area contributed by atoms with Crippen LogP contribution < -0.4 is 4.74 Å². The van der Waals surface area contributed by atoms with Crippen LogP contribution >= 0.6 is 0 Å². The summed E-state index contributed by atoms with van der Waals surface area (Å²) in [6.45, 7) is 5.52. The summed E-state index contributed by atoms with van der Waals surface area (Å²) >= 11 is 0. The van der Waals surface area contributed by atoms with E-state index in [0.717, 1.165) is 42.3 Å². The van der Waals surface area contributed by atoms with Gasteiger partial charge in [0.1, 0.15) is 23.0 Å². The van der Waals surface area contributed by atoms with Crippen molar-refractivity contribution in [3.63, 3.8) is 0 Å². The molecule has 0 bridgehead atoms. The van der Waals surface area contributed by atoms with Gasteiger partial charge in [0.25, 0.3) is 0 Å². The van der Waals surface area contributed by atoms with E-state index in [4.69, 9.17) is 4.74 Å². The van der Waals surface area contributed by atoms with Crippen LogP contribution in [0.2, 0.25) is 0 Å². The van der Waals surface area contributed by atoms with E-state index in [1.54, 1.807) is 7.11 Å². The van der Waals surface area contributed by atoms with Crippen LogP contribution in [0.15, 0.2) is 24.3 Å². The number of aromatic nitrogens is 3. The highest BCUT2D eigenvalue weighted by Crippen LogP contribution is 2.35. The number of benzene rings is 1. The molecule has 0 radical (unpaired) electrons. The Bertz CT molecular complexity index is 694. The molecule has 0 aliphatic carbocycles. The monoisotopic (exact) mass is 330 g/mol. The van der Waals surface area contributed by atoms with Crippen LogP contribution in [0.5, 0.6) is 5.75 Å². The van der Waals surface area contributed by atoms with Gasteiger partial charge in [0, 0.05) is 13.1 Å². The zero-order chi connectivity index (χ0) is 17.3. The largest absolute Gasteiger partial charge is 0.497 e. The molecule has 6 nitrogen and oxygen atoms in total. The summed E-state index contributed by atoms with van der Waals surface area (Å²) in [5, 5.41) is 19.6. The average molecular weight is 330 g/mol. The Labute approximate surface area is 143 Å². The summed E-state index contributed by atoms with van der Waals surface area (Å²) in [6, 6.07) is 7.75. The maximum absolute atomic E-state index is 11.2. The minimum Gasteiger partial charge on any atom is -0.497 e. The Morgan fingerprint density at radius 3 is 2.58 bits per heavy atom. The number of methoxy groups -OCH3 is 1. The minimum absolute atomic E-state index is 0.0582. The maximum atomic E-state index is 11.2. The molecule has 6 heteroatoms. The number of likely N-dealkylation sites (tertiary alicyclic amines) is 1. The highest BCUT2D eigenvalue weighted by atomic mass is 16.5. The third kappa shape index (κ3) is 3.03. The van der Waals surface area contributed by atoms with E-state index in [1.807, 2.05) is 49.7 Å². The normalized spacial score (nSPS) is 21.0. The molecule has 0 saturated carbocycles. The van der Waals surface area contributed by atoms with Gasteiger partial charge in [0.15, 0.2) is 0 Å². The fourth-order valence-electron chi connectivity index (χ4n) is 3.54. The second kappa shape index (κ2) is 6.53. The van der Waals surface area contributed by atoms with E-state index in [2.05, 4.69) is 15.1 Å². The van der Waals surface area contributed by atoms with Crippen molar-refractivity contribution >= 4 is 0 Å². The van der Waals surface area contributed by atoms with E-state index in [1.165, 1.54) is 0 Å².